The van der Waals surface area contributed by atoms with E-state index in [2.05, 4.69) is 4.90 Å². The van der Waals surface area contributed by atoms with Gasteiger partial charge in [-0.3, -0.25) is 4.90 Å². The van der Waals surface area contributed by atoms with Crippen molar-refractivity contribution in [2.75, 3.05) is 43.4 Å². The second-order valence-corrected chi connectivity index (χ2v) is 10.9. The fraction of sp³-hybridized carbons (Fsp3) is 0.625. The molecule has 2 heterocycles. The highest BCUT2D eigenvalue weighted by Crippen LogP contribution is 2.20. The highest BCUT2D eigenvalue weighted by atomic mass is 32.2. The lowest BCUT2D eigenvalue weighted by Crippen LogP contribution is -2.52. The molecule has 8 heteroatoms. The monoisotopic (exact) mass is 372 g/mol. The molecule has 134 valence electrons. The van der Waals surface area contributed by atoms with Crippen molar-refractivity contribution in [1.82, 2.24) is 9.21 Å². The highest BCUT2D eigenvalue weighted by Gasteiger charge is 2.35. The Kier molecular flexibility index (Phi) is 5.29. The van der Waals surface area contributed by atoms with E-state index in [1.54, 1.807) is 4.31 Å². The van der Waals surface area contributed by atoms with Crippen molar-refractivity contribution < 1.29 is 16.8 Å². The van der Waals surface area contributed by atoms with E-state index >= 15 is 0 Å². The Balaban J connectivity index is 1.52. The van der Waals surface area contributed by atoms with Crippen LogP contribution in [0.2, 0.25) is 0 Å². The lowest BCUT2D eigenvalue weighted by atomic mass is 10.2. The third kappa shape index (κ3) is 4.36. The van der Waals surface area contributed by atoms with Crippen LogP contribution in [-0.4, -0.2) is 75.5 Å². The lowest BCUT2D eigenvalue weighted by molar-refractivity contribution is 0.148. The number of aryl methyl sites for hydroxylation is 1. The summed E-state index contributed by atoms with van der Waals surface area (Å²) in [4.78, 5) is 2.13. The Hall–Kier alpha value is -0.960. The van der Waals surface area contributed by atoms with E-state index in [-0.39, 0.29) is 23.3 Å². The van der Waals surface area contributed by atoms with E-state index in [4.69, 9.17) is 0 Å². The zero-order chi connectivity index (χ0) is 17.2. The van der Waals surface area contributed by atoms with E-state index in [1.807, 2.05) is 30.3 Å². The van der Waals surface area contributed by atoms with Crippen molar-refractivity contribution in [2.45, 2.75) is 18.9 Å². The second kappa shape index (κ2) is 7.11. The van der Waals surface area contributed by atoms with Crippen LogP contribution in [0.1, 0.15) is 12.0 Å². The Morgan fingerprint density at radius 2 is 1.71 bits per heavy atom. The van der Waals surface area contributed by atoms with Gasteiger partial charge in [-0.2, -0.15) is 4.31 Å². The predicted molar refractivity (Wildman–Crippen MR) is 94.1 cm³/mol. The van der Waals surface area contributed by atoms with Crippen molar-refractivity contribution in [3.05, 3.63) is 35.9 Å². The SMILES string of the molecule is O=S1(=O)CCC(N2CCN(S(=O)(=O)CCc3ccccc3)CC2)C1. The Bertz CT molecular complexity index is 755. The van der Waals surface area contributed by atoms with Gasteiger partial charge in [0.15, 0.2) is 9.84 Å². The molecule has 1 aromatic carbocycles. The van der Waals surface area contributed by atoms with Crippen molar-refractivity contribution in [2.24, 2.45) is 0 Å². The van der Waals surface area contributed by atoms with Crippen molar-refractivity contribution >= 4 is 19.9 Å². The summed E-state index contributed by atoms with van der Waals surface area (Å²) in [6, 6.07) is 9.68. The van der Waals surface area contributed by atoms with Crippen LogP contribution < -0.4 is 0 Å². The van der Waals surface area contributed by atoms with E-state index in [0.29, 0.717) is 39.0 Å². The molecule has 2 aliphatic heterocycles. The first-order valence-electron chi connectivity index (χ1n) is 8.32. The zero-order valence-electron chi connectivity index (χ0n) is 13.7. The largest absolute Gasteiger partial charge is 0.297 e. The van der Waals surface area contributed by atoms with Crippen molar-refractivity contribution in [3.63, 3.8) is 0 Å². The normalized spacial score (nSPS) is 25.8. The van der Waals surface area contributed by atoms with Crippen LogP contribution in [0.3, 0.4) is 0 Å². The molecule has 2 saturated heterocycles. The standard InChI is InChI=1S/C16H24N2O4S2/c19-23(20)12-7-16(14-23)17-8-10-18(11-9-17)24(21,22)13-6-15-4-2-1-3-5-15/h1-5,16H,6-14H2. The second-order valence-electron chi connectivity index (χ2n) is 6.54. The molecule has 1 aromatic rings. The Labute approximate surface area is 144 Å². The summed E-state index contributed by atoms with van der Waals surface area (Å²) in [5.41, 5.74) is 1.02. The molecule has 1 atom stereocenters. The van der Waals surface area contributed by atoms with Gasteiger partial charge in [0.05, 0.1) is 17.3 Å². The maximum absolute atomic E-state index is 12.5. The molecule has 0 N–H and O–H groups in total. The minimum atomic E-state index is -3.26. The van der Waals surface area contributed by atoms with Crippen molar-refractivity contribution in [1.29, 1.82) is 0 Å². The maximum Gasteiger partial charge on any atom is 0.214 e. The summed E-state index contributed by atoms with van der Waals surface area (Å²) >= 11 is 0. The first kappa shape index (κ1) is 17.8. The number of sulfone groups is 1. The van der Waals surface area contributed by atoms with Gasteiger partial charge < -0.3 is 0 Å². The van der Waals surface area contributed by atoms with E-state index < -0.39 is 19.9 Å². The summed E-state index contributed by atoms with van der Waals surface area (Å²) in [5.74, 6) is 0.593. The molecular weight excluding hydrogens is 348 g/mol. The zero-order valence-corrected chi connectivity index (χ0v) is 15.3. The first-order chi connectivity index (χ1) is 11.4. The Morgan fingerprint density at radius 3 is 2.29 bits per heavy atom. The number of benzene rings is 1. The minimum Gasteiger partial charge on any atom is -0.297 e. The van der Waals surface area contributed by atoms with E-state index in [9.17, 15) is 16.8 Å². The molecule has 24 heavy (non-hydrogen) atoms. The van der Waals surface area contributed by atoms with Gasteiger partial charge in [-0.25, -0.2) is 16.8 Å². The van der Waals surface area contributed by atoms with Crippen LogP contribution in [0.5, 0.6) is 0 Å². The molecular formula is C16H24N2O4S2. The molecule has 3 rings (SSSR count). The molecule has 2 fully saturated rings. The van der Waals surface area contributed by atoms with Crippen LogP contribution >= 0.6 is 0 Å². The molecule has 0 spiro atoms. The van der Waals surface area contributed by atoms with Gasteiger partial charge in [0, 0.05) is 32.2 Å². The van der Waals surface area contributed by atoms with E-state index in [0.717, 1.165) is 5.56 Å². The molecule has 0 aliphatic carbocycles. The van der Waals surface area contributed by atoms with Crippen LogP contribution in [0.25, 0.3) is 0 Å². The van der Waals surface area contributed by atoms with Gasteiger partial charge in [-0.1, -0.05) is 30.3 Å². The fourth-order valence-corrected chi connectivity index (χ4v) is 6.66. The fourth-order valence-electron chi connectivity index (χ4n) is 3.43. The average molecular weight is 373 g/mol. The summed E-state index contributed by atoms with van der Waals surface area (Å²) in [7, 11) is -6.16. The molecule has 0 amide bonds. The molecule has 0 bridgehead atoms. The van der Waals surface area contributed by atoms with Gasteiger partial charge in [0.2, 0.25) is 10.0 Å². The topological polar surface area (TPSA) is 74.8 Å². The van der Waals surface area contributed by atoms with Gasteiger partial charge in [-0.15, -0.1) is 0 Å². The number of piperazine rings is 1. The summed E-state index contributed by atoms with van der Waals surface area (Å²) < 4.78 is 49.7. The Morgan fingerprint density at radius 1 is 1.04 bits per heavy atom. The van der Waals surface area contributed by atoms with Crippen LogP contribution in [0, 0.1) is 0 Å². The number of nitrogens with zero attached hydrogens (tertiary/aromatic N) is 2. The molecule has 0 radical (unpaired) electrons. The molecule has 2 aliphatic rings. The third-order valence-corrected chi connectivity index (χ3v) is 8.51. The van der Waals surface area contributed by atoms with Crippen molar-refractivity contribution in [3.8, 4) is 0 Å². The molecule has 1 unspecified atom stereocenters. The van der Waals surface area contributed by atoms with Gasteiger partial charge in [0.25, 0.3) is 0 Å². The highest BCUT2D eigenvalue weighted by molar-refractivity contribution is 7.91. The number of hydrogen-bond acceptors (Lipinski definition) is 5. The third-order valence-electron chi connectivity index (χ3n) is 4.88. The number of sulfonamides is 1. The molecule has 6 nitrogen and oxygen atoms in total. The number of rotatable bonds is 5. The minimum absolute atomic E-state index is 0.0594. The van der Waals surface area contributed by atoms with Crippen LogP contribution in [-0.2, 0) is 26.3 Å². The lowest BCUT2D eigenvalue weighted by Gasteiger charge is -2.37. The number of hydrogen-bond donors (Lipinski definition) is 0. The summed E-state index contributed by atoms with van der Waals surface area (Å²) in [5, 5.41) is 0. The first-order valence-corrected chi connectivity index (χ1v) is 11.7. The predicted octanol–water partition coefficient (Wildman–Crippen LogP) is 0.364. The summed E-state index contributed by atoms with van der Waals surface area (Å²) in [6.45, 7) is 2.14. The van der Waals surface area contributed by atoms with Gasteiger partial charge in [0.1, 0.15) is 0 Å². The molecule has 0 aromatic heterocycles. The van der Waals surface area contributed by atoms with Crippen LogP contribution in [0.15, 0.2) is 30.3 Å². The maximum atomic E-state index is 12.5. The van der Waals surface area contributed by atoms with Gasteiger partial charge in [-0.05, 0) is 18.4 Å². The summed E-state index contributed by atoms with van der Waals surface area (Å²) in [6.07, 6.45) is 1.19. The van der Waals surface area contributed by atoms with Crippen LogP contribution in [0.4, 0.5) is 0 Å². The average Bonchev–Trinajstić information content (AvgIpc) is 2.94. The van der Waals surface area contributed by atoms with E-state index in [1.165, 1.54) is 0 Å². The quantitative estimate of drug-likeness (QED) is 0.746. The molecule has 0 saturated carbocycles. The van der Waals surface area contributed by atoms with Gasteiger partial charge >= 0.3 is 0 Å². The smallest absolute Gasteiger partial charge is 0.214 e.